The van der Waals surface area contributed by atoms with Crippen molar-refractivity contribution < 1.29 is 19.1 Å². The lowest BCUT2D eigenvalue weighted by Gasteiger charge is -2.37. The summed E-state index contributed by atoms with van der Waals surface area (Å²) in [6.45, 7) is 0. The van der Waals surface area contributed by atoms with Crippen molar-refractivity contribution in [2.24, 2.45) is 0 Å². The van der Waals surface area contributed by atoms with E-state index in [4.69, 9.17) is 16.3 Å². The molecule has 0 spiro atoms. The van der Waals surface area contributed by atoms with Crippen molar-refractivity contribution in [3.05, 3.63) is 70.7 Å². The van der Waals surface area contributed by atoms with Crippen molar-refractivity contribution in [2.45, 2.75) is 11.9 Å². The highest BCUT2D eigenvalue weighted by Crippen LogP contribution is 2.47. The molecular formula is C18H13ClN2O4. The topological polar surface area (TPSA) is 66.9 Å². The Hall–Kier alpha value is -2.70. The van der Waals surface area contributed by atoms with Crippen LogP contribution in [0.1, 0.15) is 15.9 Å². The van der Waals surface area contributed by atoms with Crippen molar-refractivity contribution in [1.82, 2.24) is 9.80 Å². The number of carbonyl (C=O) groups excluding carboxylic acids is 3. The highest BCUT2D eigenvalue weighted by Gasteiger charge is 2.70. The first-order valence-electron chi connectivity index (χ1n) is 7.62. The minimum atomic E-state index is -1.57. The minimum Gasteiger partial charge on any atom is -0.418 e. The van der Waals surface area contributed by atoms with Crippen molar-refractivity contribution >= 4 is 29.4 Å². The van der Waals surface area contributed by atoms with E-state index < -0.39 is 29.7 Å². The maximum Gasteiger partial charge on any atom is 0.336 e. The molecule has 0 saturated carbocycles. The molecule has 2 atom stereocenters. The molecule has 2 aromatic rings. The number of nitrogens with zero attached hydrogens (tertiary/aromatic N) is 2. The van der Waals surface area contributed by atoms with E-state index in [0.29, 0.717) is 10.6 Å². The first-order valence-corrected chi connectivity index (χ1v) is 8.00. The van der Waals surface area contributed by atoms with Gasteiger partial charge in [0, 0.05) is 16.1 Å². The average Bonchev–Trinajstić information content (AvgIpc) is 2.99. The average molecular weight is 357 g/mol. The zero-order chi connectivity index (χ0) is 17.8. The Morgan fingerprint density at radius 3 is 2.36 bits per heavy atom. The van der Waals surface area contributed by atoms with Crippen LogP contribution in [0, 0.1) is 0 Å². The summed E-state index contributed by atoms with van der Waals surface area (Å²) in [5.41, 5.74) is 0.812. The fourth-order valence-electron chi connectivity index (χ4n) is 3.35. The minimum absolute atomic E-state index is 0.282. The number of benzene rings is 2. The zero-order valence-corrected chi connectivity index (χ0v) is 13.9. The van der Waals surface area contributed by atoms with Crippen molar-refractivity contribution in [3.63, 3.8) is 0 Å². The second-order valence-corrected chi connectivity index (χ2v) is 6.33. The number of fused-ring (bicyclic) bond motifs is 2. The van der Waals surface area contributed by atoms with Gasteiger partial charge < -0.3 is 4.74 Å². The van der Waals surface area contributed by atoms with Crippen LogP contribution in [0.15, 0.2) is 54.6 Å². The van der Waals surface area contributed by atoms with E-state index in [-0.39, 0.29) is 5.56 Å². The molecule has 2 unspecified atom stereocenters. The fraction of sp³-hybridized carbons (Fsp3) is 0.167. The Balaban J connectivity index is 1.86. The van der Waals surface area contributed by atoms with Crippen LogP contribution in [-0.2, 0) is 20.2 Å². The number of amides is 2. The second-order valence-electron chi connectivity index (χ2n) is 5.89. The predicted molar refractivity (Wildman–Crippen MR) is 88.4 cm³/mol. The molecule has 2 fully saturated rings. The first-order chi connectivity index (χ1) is 12.0. The van der Waals surface area contributed by atoms with E-state index >= 15 is 0 Å². The molecule has 2 aliphatic rings. The molecule has 2 heterocycles. The number of carbonyl (C=O) groups is 3. The molecule has 2 bridgehead atoms. The SMILES string of the molecule is CN1C2C(=O)OC1(c1ccccc1)N(C(=O)c1ccc(Cl)cc1)C2=O. The summed E-state index contributed by atoms with van der Waals surface area (Å²) in [5, 5.41) is 0.479. The molecule has 7 heteroatoms. The molecule has 0 radical (unpaired) electrons. The third-order valence-electron chi connectivity index (χ3n) is 4.53. The van der Waals surface area contributed by atoms with Gasteiger partial charge in [0.2, 0.25) is 0 Å². The monoisotopic (exact) mass is 356 g/mol. The van der Waals surface area contributed by atoms with Crippen LogP contribution in [0.25, 0.3) is 0 Å². The molecule has 2 saturated heterocycles. The molecule has 2 amide bonds. The van der Waals surface area contributed by atoms with Crippen LogP contribution in [0.4, 0.5) is 0 Å². The lowest BCUT2D eigenvalue weighted by molar-refractivity contribution is -0.188. The smallest absolute Gasteiger partial charge is 0.336 e. The van der Waals surface area contributed by atoms with Gasteiger partial charge in [0.15, 0.2) is 6.04 Å². The summed E-state index contributed by atoms with van der Waals surface area (Å²) < 4.78 is 5.54. The van der Waals surface area contributed by atoms with E-state index in [1.807, 2.05) is 0 Å². The number of hydrogen-bond acceptors (Lipinski definition) is 5. The van der Waals surface area contributed by atoms with Crippen LogP contribution >= 0.6 is 11.6 Å². The Morgan fingerprint density at radius 2 is 1.72 bits per heavy atom. The van der Waals surface area contributed by atoms with Gasteiger partial charge in [-0.15, -0.1) is 0 Å². The number of halogens is 1. The number of likely N-dealkylation sites (N-methyl/N-ethyl adjacent to an activating group) is 1. The van der Waals surface area contributed by atoms with Gasteiger partial charge in [-0.3, -0.25) is 9.59 Å². The van der Waals surface area contributed by atoms with Crippen LogP contribution in [0.2, 0.25) is 5.02 Å². The van der Waals surface area contributed by atoms with E-state index in [1.165, 1.54) is 17.0 Å². The summed E-state index contributed by atoms with van der Waals surface area (Å²) in [6.07, 6.45) is 0. The Bertz CT molecular complexity index is 884. The maximum atomic E-state index is 13.0. The van der Waals surface area contributed by atoms with Gasteiger partial charge in [-0.2, -0.15) is 0 Å². The summed E-state index contributed by atoms with van der Waals surface area (Å²) in [5.74, 6) is -3.37. The third-order valence-corrected chi connectivity index (χ3v) is 4.79. The molecule has 2 aromatic carbocycles. The molecule has 0 aromatic heterocycles. The highest BCUT2D eigenvalue weighted by atomic mass is 35.5. The Labute approximate surface area is 148 Å². The number of hydrogen-bond donors (Lipinski definition) is 0. The third kappa shape index (κ3) is 2.04. The lowest BCUT2D eigenvalue weighted by atomic mass is 10.1. The predicted octanol–water partition coefficient (Wildman–Crippen LogP) is 1.99. The summed E-state index contributed by atoms with van der Waals surface area (Å²) >= 11 is 5.86. The van der Waals surface area contributed by atoms with E-state index in [9.17, 15) is 14.4 Å². The van der Waals surface area contributed by atoms with Crippen molar-refractivity contribution in [1.29, 1.82) is 0 Å². The Kier molecular flexibility index (Phi) is 3.42. The molecule has 2 aliphatic heterocycles. The quantitative estimate of drug-likeness (QED) is 0.467. The number of esters is 1. The van der Waals surface area contributed by atoms with Crippen LogP contribution in [0.3, 0.4) is 0 Å². The lowest BCUT2D eigenvalue weighted by Crippen LogP contribution is -2.54. The highest BCUT2D eigenvalue weighted by molar-refractivity contribution is 6.30. The van der Waals surface area contributed by atoms with Crippen LogP contribution in [-0.4, -0.2) is 40.7 Å². The molecular weight excluding hydrogens is 344 g/mol. The second kappa shape index (κ2) is 5.40. The van der Waals surface area contributed by atoms with Gasteiger partial charge in [-0.25, -0.2) is 14.6 Å². The van der Waals surface area contributed by atoms with Gasteiger partial charge in [0.25, 0.3) is 17.7 Å². The fourth-order valence-corrected chi connectivity index (χ4v) is 3.47. The number of rotatable bonds is 2. The van der Waals surface area contributed by atoms with Crippen LogP contribution < -0.4 is 0 Å². The van der Waals surface area contributed by atoms with Gasteiger partial charge in [0.05, 0.1) is 0 Å². The largest absolute Gasteiger partial charge is 0.418 e. The molecule has 6 nitrogen and oxygen atoms in total. The van der Waals surface area contributed by atoms with E-state index in [0.717, 1.165) is 4.90 Å². The first kappa shape index (κ1) is 15.8. The van der Waals surface area contributed by atoms with Gasteiger partial charge >= 0.3 is 5.97 Å². The number of ether oxygens (including phenoxy) is 1. The van der Waals surface area contributed by atoms with E-state index in [1.54, 1.807) is 49.5 Å². The standard InChI is InChI=1S/C18H13ClN2O4/c1-20-14-16(23)21(15(22)11-7-9-13(19)10-8-11)18(20,25-17(14)24)12-5-3-2-4-6-12/h2-10,14H,1H3. The molecule has 25 heavy (non-hydrogen) atoms. The number of imide groups is 1. The summed E-state index contributed by atoms with van der Waals surface area (Å²) in [4.78, 5) is 40.5. The molecule has 0 N–H and O–H groups in total. The molecule has 4 rings (SSSR count). The van der Waals surface area contributed by atoms with Gasteiger partial charge in [-0.05, 0) is 31.3 Å². The van der Waals surface area contributed by atoms with Gasteiger partial charge in [0.1, 0.15) is 0 Å². The Morgan fingerprint density at radius 1 is 1.08 bits per heavy atom. The van der Waals surface area contributed by atoms with Crippen molar-refractivity contribution in [2.75, 3.05) is 7.05 Å². The zero-order valence-electron chi connectivity index (χ0n) is 13.2. The molecule has 0 aliphatic carbocycles. The van der Waals surface area contributed by atoms with E-state index in [2.05, 4.69) is 0 Å². The van der Waals surface area contributed by atoms with Gasteiger partial charge in [-0.1, -0.05) is 41.9 Å². The molecule has 126 valence electrons. The van der Waals surface area contributed by atoms with Crippen LogP contribution in [0.5, 0.6) is 0 Å². The maximum absolute atomic E-state index is 13.0. The normalized spacial score (nSPS) is 25.4. The van der Waals surface area contributed by atoms with Crippen molar-refractivity contribution in [3.8, 4) is 0 Å². The summed E-state index contributed by atoms with van der Waals surface area (Å²) in [6, 6.07) is 13.8. The summed E-state index contributed by atoms with van der Waals surface area (Å²) in [7, 11) is 1.59.